The number of hydrogen-bond acceptors (Lipinski definition) is 4. The molecular formula is C13H20N2O2S. The summed E-state index contributed by atoms with van der Waals surface area (Å²) in [5.74, 6) is -0.164. The Morgan fingerprint density at radius 1 is 1.56 bits per heavy atom. The van der Waals surface area contributed by atoms with Gasteiger partial charge in [-0.3, -0.25) is 4.90 Å². The Kier molecular flexibility index (Phi) is 3.92. The molecule has 1 aliphatic rings. The summed E-state index contributed by atoms with van der Waals surface area (Å²) < 4.78 is 0. The molecule has 1 aromatic heterocycles. The second kappa shape index (κ2) is 5.28. The van der Waals surface area contributed by atoms with Gasteiger partial charge in [-0.25, -0.2) is 4.79 Å². The van der Waals surface area contributed by atoms with Crippen molar-refractivity contribution in [3.05, 3.63) is 16.0 Å². The van der Waals surface area contributed by atoms with E-state index in [0.717, 1.165) is 36.6 Å². The summed E-state index contributed by atoms with van der Waals surface area (Å²) >= 11 is 1.59. The first-order valence-corrected chi connectivity index (χ1v) is 7.12. The van der Waals surface area contributed by atoms with Crippen LogP contribution in [0.25, 0.3) is 0 Å². The first kappa shape index (κ1) is 13.4. The first-order chi connectivity index (χ1) is 8.52. The number of nitrogens with one attached hydrogen (secondary N) is 1. The highest BCUT2D eigenvalue weighted by atomic mass is 32.1. The van der Waals surface area contributed by atoms with Crippen LogP contribution in [0, 0.1) is 5.92 Å². The van der Waals surface area contributed by atoms with E-state index in [2.05, 4.69) is 24.1 Å². The smallest absolute Gasteiger partial charge is 0.338 e. The Morgan fingerprint density at radius 3 is 2.83 bits per heavy atom. The number of carbonyl (C=O) groups is 1. The number of aromatic carboxylic acids is 1. The number of thiophene rings is 1. The van der Waals surface area contributed by atoms with Crippen LogP contribution in [0.4, 0.5) is 5.00 Å². The van der Waals surface area contributed by atoms with Crippen molar-refractivity contribution in [2.75, 3.05) is 25.5 Å². The van der Waals surface area contributed by atoms with Crippen molar-refractivity contribution in [1.29, 1.82) is 0 Å². The minimum Gasteiger partial charge on any atom is -0.478 e. The van der Waals surface area contributed by atoms with Gasteiger partial charge in [0.2, 0.25) is 0 Å². The summed E-state index contributed by atoms with van der Waals surface area (Å²) in [5, 5.41) is 13.1. The third kappa shape index (κ3) is 2.52. The average Bonchev–Trinajstić information content (AvgIpc) is 2.65. The number of carboxylic acids is 1. The minimum absolute atomic E-state index is 0.488. The Balaban J connectivity index is 2.26. The number of carboxylic acid groups (broad SMARTS) is 1. The van der Waals surface area contributed by atoms with E-state index in [1.165, 1.54) is 4.88 Å². The topological polar surface area (TPSA) is 52.6 Å². The van der Waals surface area contributed by atoms with Crippen molar-refractivity contribution >= 4 is 22.3 Å². The van der Waals surface area contributed by atoms with E-state index < -0.39 is 5.97 Å². The molecule has 0 saturated carbocycles. The number of nitrogens with zero attached hydrogens (tertiary/aromatic N) is 1. The van der Waals surface area contributed by atoms with Gasteiger partial charge in [0.1, 0.15) is 5.00 Å². The predicted molar refractivity (Wildman–Crippen MR) is 74.6 cm³/mol. The van der Waals surface area contributed by atoms with Crippen LogP contribution in [0.3, 0.4) is 0 Å². The van der Waals surface area contributed by atoms with Crippen molar-refractivity contribution in [3.8, 4) is 0 Å². The summed E-state index contributed by atoms with van der Waals surface area (Å²) in [5.41, 5.74) is 1.53. The second-order valence-electron chi connectivity index (χ2n) is 5.14. The Morgan fingerprint density at radius 2 is 2.28 bits per heavy atom. The summed E-state index contributed by atoms with van der Waals surface area (Å²) in [6.45, 7) is 7.36. The van der Waals surface area contributed by atoms with Crippen LogP contribution in [0.2, 0.25) is 0 Å². The highest BCUT2D eigenvalue weighted by Crippen LogP contribution is 2.36. The van der Waals surface area contributed by atoms with Crippen LogP contribution >= 0.6 is 11.3 Å². The maximum absolute atomic E-state index is 11.3. The molecule has 0 aromatic carbocycles. The maximum atomic E-state index is 11.3. The van der Waals surface area contributed by atoms with Gasteiger partial charge >= 0.3 is 5.97 Å². The van der Waals surface area contributed by atoms with E-state index in [1.54, 1.807) is 18.4 Å². The van der Waals surface area contributed by atoms with Gasteiger partial charge in [0.25, 0.3) is 0 Å². The van der Waals surface area contributed by atoms with Gasteiger partial charge in [-0.15, -0.1) is 11.3 Å². The van der Waals surface area contributed by atoms with Crippen LogP contribution in [-0.2, 0) is 13.0 Å². The lowest BCUT2D eigenvalue weighted by molar-refractivity contribution is 0.0696. The first-order valence-electron chi connectivity index (χ1n) is 6.30. The molecule has 18 heavy (non-hydrogen) atoms. The number of rotatable bonds is 4. The van der Waals surface area contributed by atoms with Crippen molar-refractivity contribution in [2.45, 2.75) is 26.8 Å². The third-order valence-electron chi connectivity index (χ3n) is 3.20. The highest BCUT2D eigenvalue weighted by molar-refractivity contribution is 7.16. The Bertz CT molecular complexity index is 454. The molecule has 1 aliphatic heterocycles. The van der Waals surface area contributed by atoms with Crippen molar-refractivity contribution in [1.82, 2.24) is 4.90 Å². The van der Waals surface area contributed by atoms with Crippen LogP contribution in [-0.4, -0.2) is 36.1 Å². The van der Waals surface area contributed by atoms with Gasteiger partial charge in [0.05, 0.1) is 5.56 Å². The summed E-state index contributed by atoms with van der Waals surface area (Å²) in [6.07, 6.45) is 0.849. The zero-order chi connectivity index (χ0) is 13.3. The van der Waals surface area contributed by atoms with E-state index in [9.17, 15) is 9.90 Å². The van der Waals surface area contributed by atoms with Crippen LogP contribution in [0.15, 0.2) is 0 Å². The summed E-state index contributed by atoms with van der Waals surface area (Å²) in [7, 11) is 1.79. The molecular weight excluding hydrogens is 248 g/mol. The molecule has 1 aromatic rings. The normalized spacial score (nSPS) is 15.8. The molecule has 0 atom stereocenters. The molecule has 0 unspecified atom stereocenters. The molecule has 0 spiro atoms. The van der Waals surface area contributed by atoms with Gasteiger partial charge in [0.15, 0.2) is 0 Å². The summed E-state index contributed by atoms with van der Waals surface area (Å²) in [4.78, 5) is 14.9. The predicted octanol–water partition coefficient (Wildman–Crippen LogP) is 2.50. The monoisotopic (exact) mass is 268 g/mol. The van der Waals surface area contributed by atoms with E-state index in [0.29, 0.717) is 11.5 Å². The highest BCUT2D eigenvalue weighted by Gasteiger charge is 2.27. The van der Waals surface area contributed by atoms with Gasteiger partial charge in [-0.05, 0) is 17.9 Å². The fraction of sp³-hybridized carbons (Fsp3) is 0.615. The molecule has 4 nitrogen and oxygen atoms in total. The maximum Gasteiger partial charge on any atom is 0.338 e. The molecule has 2 N–H and O–H groups in total. The van der Waals surface area contributed by atoms with Gasteiger partial charge < -0.3 is 10.4 Å². The lowest BCUT2D eigenvalue weighted by Gasteiger charge is -2.28. The van der Waals surface area contributed by atoms with Crippen LogP contribution in [0.5, 0.6) is 0 Å². The van der Waals surface area contributed by atoms with Crippen molar-refractivity contribution in [3.63, 3.8) is 0 Å². The quantitative estimate of drug-likeness (QED) is 0.881. The largest absolute Gasteiger partial charge is 0.478 e. The number of hydrogen-bond donors (Lipinski definition) is 2. The van der Waals surface area contributed by atoms with E-state index in [1.807, 2.05) is 0 Å². The second-order valence-corrected chi connectivity index (χ2v) is 6.25. The fourth-order valence-corrected chi connectivity index (χ4v) is 3.77. The standard InChI is InChI=1S/C13H20N2O2S/c1-8(2)6-15-5-4-9-10(7-15)18-12(14-3)11(9)13(16)17/h8,14H,4-7H2,1-3H3,(H,16,17). The van der Waals surface area contributed by atoms with Gasteiger partial charge in [0, 0.05) is 31.6 Å². The third-order valence-corrected chi connectivity index (χ3v) is 4.43. The molecule has 0 saturated heterocycles. The Labute approximate surface area is 112 Å². The molecule has 2 heterocycles. The lowest BCUT2D eigenvalue weighted by Crippen LogP contribution is -2.33. The van der Waals surface area contributed by atoms with E-state index in [-0.39, 0.29) is 0 Å². The van der Waals surface area contributed by atoms with Crippen molar-refractivity contribution < 1.29 is 9.90 Å². The molecule has 0 aliphatic carbocycles. The molecule has 0 fully saturated rings. The average molecular weight is 268 g/mol. The molecule has 5 heteroatoms. The lowest BCUT2D eigenvalue weighted by atomic mass is 10.0. The molecule has 2 rings (SSSR count). The summed E-state index contributed by atoms with van der Waals surface area (Å²) in [6, 6.07) is 0. The van der Waals surface area contributed by atoms with Crippen LogP contribution in [0.1, 0.15) is 34.6 Å². The zero-order valence-corrected chi connectivity index (χ0v) is 11.9. The van der Waals surface area contributed by atoms with Crippen molar-refractivity contribution in [2.24, 2.45) is 5.92 Å². The van der Waals surface area contributed by atoms with Crippen LogP contribution < -0.4 is 5.32 Å². The molecule has 0 bridgehead atoms. The number of anilines is 1. The molecule has 100 valence electrons. The van der Waals surface area contributed by atoms with Gasteiger partial charge in [-0.1, -0.05) is 13.8 Å². The Hall–Kier alpha value is -1.07. The fourth-order valence-electron chi connectivity index (χ4n) is 2.53. The van der Waals surface area contributed by atoms with Gasteiger partial charge in [-0.2, -0.15) is 0 Å². The molecule has 0 amide bonds. The van der Waals surface area contributed by atoms with E-state index in [4.69, 9.17) is 0 Å². The molecule has 0 radical (unpaired) electrons. The zero-order valence-electron chi connectivity index (χ0n) is 11.1. The number of fused-ring (bicyclic) bond motifs is 1. The SMILES string of the molecule is CNc1sc2c(c1C(=O)O)CCN(CC(C)C)C2. The van der Waals surface area contributed by atoms with E-state index >= 15 is 0 Å². The minimum atomic E-state index is -0.811.